The predicted octanol–water partition coefficient (Wildman–Crippen LogP) is -0.845. The van der Waals surface area contributed by atoms with Crippen molar-refractivity contribution in [3.63, 3.8) is 0 Å². The van der Waals surface area contributed by atoms with E-state index >= 15 is 0 Å². The Balaban J connectivity index is 1.46. The third kappa shape index (κ3) is 2.40. The van der Waals surface area contributed by atoms with Crippen molar-refractivity contribution in [3.8, 4) is 0 Å². The van der Waals surface area contributed by atoms with E-state index in [4.69, 9.17) is 0 Å². The van der Waals surface area contributed by atoms with E-state index in [1.54, 1.807) is 0 Å². The highest BCUT2D eigenvalue weighted by Crippen LogP contribution is 2.62. The molecule has 3 atom stereocenters. The Kier molecular flexibility index (Phi) is 4.08. The average molecular weight is 283 g/mol. The number of likely N-dealkylation sites (tertiary alicyclic amines) is 1. The summed E-state index contributed by atoms with van der Waals surface area (Å²) < 4.78 is 0. The number of rotatable bonds is 5. The molecule has 0 amide bonds. The van der Waals surface area contributed by atoms with E-state index in [9.17, 15) is 10.2 Å². The van der Waals surface area contributed by atoms with Gasteiger partial charge in [-0.05, 0) is 25.8 Å². The minimum Gasteiger partial charge on any atom is -0.396 e. The standard InChI is InChI=1S/C15H29N3O2/c1-12(7-17-5-3-16(2)4-6-17)18-8-13-14(9-18)15(13,10-19)11-20/h12-14,19-20H,3-11H2,1-2H3. The Labute approximate surface area is 122 Å². The third-order valence-corrected chi connectivity index (χ3v) is 6.05. The zero-order valence-corrected chi connectivity index (χ0v) is 12.8. The lowest BCUT2D eigenvalue weighted by atomic mass is 10.0. The summed E-state index contributed by atoms with van der Waals surface area (Å²) in [5.41, 5.74) is -0.149. The maximum atomic E-state index is 9.48. The first-order chi connectivity index (χ1) is 9.60. The topological polar surface area (TPSA) is 50.2 Å². The molecule has 5 heteroatoms. The van der Waals surface area contributed by atoms with Gasteiger partial charge in [-0.15, -0.1) is 0 Å². The van der Waals surface area contributed by atoms with Crippen LogP contribution in [0.5, 0.6) is 0 Å². The minimum atomic E-state index is -0.149. The maximum absolute atomic E-state index is 9.48. The lowest BCUT2D eigenvalue weighted by Gasteiger charge is -2.37. The molecule has 0 aromatic carbocycles. The van der Waals surface area contributed by atoms with Crippen molar-refractivity contribution in [1.82, 2.24) is 14.7 Å². The van der Waals surface area contributed by atoms with E-state index in [0.29, 0.717) is 17.9 Å². The molecule has 3 rings (SSSR count). The number of likely N-dealkylation sites (N-methyl/N-ethyl adjacent to an activating group) is 1. The van der Waals surface area contributed by atoms with Gasteiger partial charge < -0.3 is 15.1 Å². The summed E-state index contributed by atoms with van der Waals surface area (Å²) in [6.07, 6.45) is 0. The highest BCUT2D eigenvalue weighted by Gasteiger charge is 2.67. The lowest BCUT2D eigenvalue weighted by Crippen LogP contribution is -2.50. The molecule has 0 radical (unpaired) electrons. The first-order valence-corrected chi connectivity index (χ1v) is 7.97. The van der Waals surface area contributed by atoms with Gasteiger partial charge in [-0.3, -0.25) is 9.80 Å². The summed E-state index contributed by atoms with van der Waals surface area (Å²) in [5, 5.41) is 19.0. The number of piperidine rings is 1. The van der Waals surface area contributed by atoms with Crippen LogP contribution >= 0.6 is 0 Å². The van der Waals surface area contributed by atoms with Crippen LogP contribution in [0.15, 0.2) is 0 Å². The highest BCUT2D eigenvalue weighted by molar-refractivity contribution is 5.16. The van der Waals surface area contributed by atoms with Gasteiger partial charge in [0.25, 0.3) is 0 Å². The van der Waals surface area contributed by atoms with Crippen molar-refractivity contribution in [2.45, 2.75) is 13.0 Å². The van der Waals surface area contributed by atoms with Gasteiger partial charge >= 0.3 is 0 Å². The van der Waals surface area contributed by atoms with Crippen LogP contribution in [-0.4, -0.2) is 97.0 Å². The Bertz CT molecular complexity index is 326. The minimum absolute atomic E-state index is 0.149. The van der Waals surface area contributed by atoms with Gasteiger partial charge in [-0.1, -0.05) is 0 Å². The largest absolute Gasteiger partial charge is 0.396 e. The number of hydrogen-bond donors (Lipinski definition) is 2. The van der Waals surface area contributed by atoms with Crippen LogP contribution < -0.4 is 0 Å². The van der Waals surface area contributed by atoms with Gasteiger partial charge in [0.05, 0.1) is 13.2 Å². The van der Waals surface area contributed by atoms with Crippen molar-refractivity contribution in [2.24, 2.45) is 17.3 Å². The van der Waals surface area contributed by atoms with Gasteiger partial charge in [0, 0.05) is 57.3 Å². The summed E-state index contributed by atoms with van der Waals surface area (Å²) in [6.45, 7) is 10.6. The number of aliphatic hydroxyl groups excluding tert-OH is 2. The molecule has 0 bridgehead atoms. The van der Waals surface area contributed by atoms with Gasteiger partial charge in [-0.2, -0.15) is 0 Å². The van der Waals surface area contributed by atoms with Crippen molar-refractivity contribution >= 4 is 0 Å². The number of hydrogen-bond acceptors (Lipinski definition) is 5. The Morgan fingerprint density at radius 2 is 1.60 bits per heavy atom. The molecule has 2 saturated heterocycles. The fourth-order valence-corrected chi connectivity index (χ4v) is 4.27. The molecule has 3 aliphatic rings. The second-order valence-electron chi connectivity index (χ2n) is 7.17. The molecule has 5 nitrogen and oxygen atoms in total. The van der Waals surface area contributed by atoms with E-state index in [1.807, 2.05) is 0 Å². The molecule has 0 aromatic rings. The SMILES string of the molecule is CC(CN1CCN(C)CC1)N1CC2C(C1)C2(CO)CO. The van der Waals surface area contributed by atoms with Crippen molar-refractivity contribution in [1.29, 1.82) is 0 Å². The predicted molar refractivity (Wildman–Crippen MR) is 78.6 cm³/mol. The number of aliphatic hydroxyl groups is 2. The third-order valence-electron chi connectivity index (χ3n) is 6.05. The molecule has 1 aliphatic carbocycles. The van der Waals surface area contributed by atoms with Crippen LogP contribution in [0, 0.1) is 17.3 Å². The Morgan fingerprint density at radius 3 is 2.10 bits per heavy atom. The quantitative estimate of drug-likeness (QED) is 0.689. The van der Waals surface area contributed by atoms with E-state index in [0.717, 1.165) is 19.6 Å². The monoisotopic (exact) mass is 283 g/mol. The first kappa shape index (κ1) is 14.7. The first-order valence-electron chi connectivity index (χ1n) is 7.97. The van der Waals surface area contributed by atoms with Crippen molar-refractivity contribution < 1.29 is 10.2 Å². The molecule has 2 heterocycles. The van der Waals surface area contributed by atoms with Crippen LogP contribution in [-0.2, 0) is 0 Å². The summed E-state index contributed by atoms with van der Waals surface area (Å²) in [4.78, 5) is 7.51. The molecule has 3 unspecified atom stereocenters. The Hall–Kier alpha value is -0.200. The zero-order valence-electron chi connectivity index (χ0n) is 12.8. The van der Waals surface area contributed by atoms with E-state index < -0.39 is 0 Å². The number of nitrogens with zero attached hydrogens (tertiary/aromatic N) is 3. The number of fused-ring (bicyclic) bond motifs is 1. The molecular weight excluding hydrogens is 254 g/mol. The van der Waals surface area contributed by atoms with Crippen LogP contribution in [0.2, 0.25) is 0 Å². The van der Waals surface area contributed by atoms with Crippen molar-refractivity contribution in [2.75, 3.05) is 66.1 Å². The molecule has 20 heavy (non-hydrogen) atoms. The van der Waals surface area contributed by atoms with Crippen LogP contribution in [0.25, 0.3) is 0 Å². The van der Waals surface area contributed by atoms with E-state index in [-0.39, 0.29) is 18.6 Å². The molecular formula is C15H29N3O2. The summed E-state index contributed by atoms with van der Waals surface area (Å²) in [6, 6.07) is 0.585. The fraction of sp³-hybridized carbons (Fsp3) is 1.00. The second kappa shape index (κ2) is 5.54. The van der Waals surface area contributed by atoms with E-state index in [1.165, 1.54) is 26.2 Å². The van der Waals surface area contributed by atoms with Gasteiger partial charge in [0.15, 0.2) is 0 Å². The van der Waals surface area contributed by atoms with Crippen LogP contribution in [0.3, 0.4) is 0 Å². The summed E-state index contributed by atoms with van der Waals surface area (Å²) in [5.74, 6) is 1.04. The molecule has 116 valence electrons. The Morgan fingerprint density at radius 1 is 1.05 bits per heavy atom. The molecule has 2 N–H and O–H groups in total. The molecule has 2 aliphatic heterocycles. The summed E-state index contributed by atoms with van der Waals surface area (Å²) >= 11 is 0. The highest BCUT2D eigenvalue weighted by atomic mass is 16.3. The zero-order chi connectivity index (χ0) is 14.3. The molecule has 0 aromatic heterocycles. The molecule has 1 saturated carbocycles. The van der Waals surface area contributed by atoms with E-state index in [2.05, 4.69) is 28.7 Å². The molecule has 0 spiro atoms. The van der Waals surface area contributed by atoms with Crippen LogP contribution in [0.1, 0.15) is 6.92 Å². The van der Waals surface area contributed by atoms with Gasteiger partial charge in [0.1, 0.15) is 0 Å². The number of piperazine rings is 1. The average Bonchev–Trinajstić information content (AvgIpc) is 2.82. The van der Waals surface area contributed by atoms with Gasteiger partial charge in [0.2, 0.25) is 0 Å². The molecule has 3 fully saturated rings. The lowest BCUT2D eigenvalue weighted by molar-refractivity contribution is 0.0670. The summed E-state index contributed by atoms with van der Waals surface area (Å²) in [7, 11) is 2.19. The second-order valence-corrected chi connectivity index (χ2v) is 7.17. The maximum Gasteiger partial charge on any atom is 0.0515 e. The smallest absolute Gasteiger partial charge is 0.0515 e. The fourth-order valence-electron chi connectivity index (χ4n) is 4.27. The van der Waals surface area contributed by atoms with Gasteiger partial charge in [-0.25, -0.2) is 0 Å². The normalized spacial score (nSPS) is 36.0. The van der Waals surface area contributed by atoms with Crippen molar-refractivity contribution in [3.05, 3.63) is 0 Å². The van der Waals surface area contributed by atoms with Crippen LogP contribution in [0.4, 0.5) is 0 Å².